The molecule has 0 aliphatic carbocycles. The Hall–Kier alpha value is -2.63. The number of nitrogens with two attached hydrogens (primary N) is 1. The molecule has 2 heterocycles. The maximum Gasteiger partial charge on any atom is 0.248 e. The number of anilines is 1. The number of primary amides is 1. The van der Waals surface area contributed by atoms with Crippen molar-refractivity contribution in [3.8, 4) is 0 Å². The molecular weight excluding hydrogens is 254 g/mol. The SMILES string of the molecule is CC1=C(C(N)=O)[C@H](c2ccccc2C)n2ncnc2N1. The van der Waals surface area contributed by atoms with Crippen LogP contribution in [0.2, 0.25) is 0 Å². The Morgan fingerprint density at radius 3 is 2.80 bits per heavy atom. The van der Waals surface area contributed by atoms with Crippen LogP contribution in [0.1, 0.15) is 24.1 Å². The number of allylic oxidation sites excluding steroid dienone is 1. The normalized spacial score (nSPS) is 17.6. The van der Waals surface area contributed by atoms with Gasteiger partial charge in [0.25, 0.3) is 0 Å². The van der Waals surface area contributed by atoms with Gasteiger partial charge in [0.05, 0.1) is 5.57 Å². The van der Waals surface area contributed by atoms with Gasteiger partial charge in [-0.05, 0) is 25.0 Å². The number of fused-ring (bicyclic) bond motifs is 1. The van der Waals surface area contributed by atoms with Gasteiger partial charge in [-0.1, -0.05) is 24.3 Å². The molecule has 6 nitrogen and oxygen atoms in total. The van der Waals surface area contributed by atoms with Gasteiger partial charge in [0, 0.05) is 5.70 Å². The standard InChI is InChI=1S/C14H15N5O/c1-8-5-3-4-6-10(8)12-11(13(15)20)9(2)18-14-16-7-17-19(12)14/h3-7,12H,1-2H3,(H2,15,20)(H,16,17,18)/t12-/m0/s1. The van der Waals surface area contributed by atoms with Crippen molar-refractivity contribution in [1.82, 2.24) is 14.8 Å². The molecule has 6 heteroatoms. The van der Waals surface area contributed by atoms with Crippen LogP contribution in [0.5, 0.6) is 0 Å². The first-order valence-electron chi connectivity index (χ1n) is 6.32. The number of aryl methyl sites for hydroxylation is 1. The average Bonchev–Trinajstić information content (AvgIpc) is 2.85. The van der Waals surface area contributed by atoms with Gasteiger partial charge in [0.1, 0.15) is 12.4 Å². The molecule has 2 aromatic rings. The quantitative estimate of drug-likeness (QED) is 0.862. The van der Waals surface area contributed by atoms with E-state index in [1.165, 1.54) is 6.33 Å². The molecule has 1 aromatic carbocycles. The number of rotatable bonds is 2. The summed E-state index contributed by atoms with van der Waals surface area (Å²) in [5, 5.41) is 7.28. The van der Waals surface area contributed by atoms with Crippen LogP contribution < -0.4 is 11.1 Å². The second-order valence-corrected chi connectivity index (χ2v) is 4.82. The number of hydrogen-bond donors (Lipinski definition) is 2. The third-order valence-electron chi connectivity index (χ3n) is 3.54. The van der Waals surface area contributed by atoms with E-state index in [0.29, 0.717) is 17.2 Å². The van der Waals surface area contributed by atoms with E-state index in [4.69, 9.17) is 5.73 Å². The molecule has 0 saturated carbocycles. The highest BCUT2D eigenvalue weighted by molar-refractivity contribution is 5.95. The molecule has 1 aliphatic rings. The van der Waals surface area contributed by atoms with E-state index in [-0.39, 0.29) is 6.04 Å². The van der Waals surface area contributed by atoms with Gasteiger partial charge in [0.2, 0.25) is 11.9 Å². The van der Waals surface area contributed by atoms with Gasteiger partial charge in [-0.2, -0.15) is 10.1 Å². The third-order valence-corrected chi connectivity index (χ3v) is 3.54. The molecule has 0 saturated heterocycles. The van der Waals surface area contributed by atoms with Crippen molar-refractivity contribution in [2.24, 2.45) is 5.73 Å². The monoisotopic (exact) mass is 269 g/mol. The molecular formula is C14H15N5O. The van der Waals surface area contributed by atoms with Crippen molar-refractivity contribution in [2.45, 2.75) is 19.9 Å². The fourth-order valence-corrected chi connectivity index (χ4v) is 2.59. The smallest absolute Gasteiger partial charge is 0.248 e. The summed E-state index contributed by atoms with van der Waals surface area (Å²) in [6.45, 7) is 3.82. The Labute approximate surface area is 116 Å². The number of nitrogens with one attached hydrogen (secondary N) is 1. The van der Waals surface area contributed by atoms with Crippen molar-refractivity contribution in [3.05, 3.63) is 53.0 Å². The number of carbonyl (C=O) groups excluding carboxylic acids is 1. The molecule has 1 aromatic heterocycles. The summed E-state index contributed by atoms with van der Waals surface area (Å²) in [7, 11) is 0. The van der Waals surface area contributed by atoms with Crippen LogP contribution in [-0.4, -0.2) is 20.7 Å². The van der Waals surface area contributed by atoms with E-state index in [1.54, 1.807) is 4.68 Å². The number of aromatic nitrogens is 3. The lowest BCUT2D eigenvalue weighted by Crippen LogP contribution is -2.32. The van der Waals surface area contributed by atoms with Gasteiger partial charge < -0.3 is 11.1 Å². The van der Waals surface area contributed by atoms with Crippen LogP contribution in [0.25, 0.3) is 0 Å². The molecule has 0 spiro atoms. The molecule has 0 radical (unpaired) electrons. The van der Waals surface area contributed by atoms with Gasteiger partial charge in [0.15, 0.2) is 0 Å². The second kappa shape index (κ2) is 4.48. The van der Waals surface area contributed by atoms with E-state index in [9.17, 15) is 4.79 Å². The molecule has 1 amide bonds. The predicted molar refractivity (Wildman–Crippen MR) is 74.9 cm³/mol. The second-order valence-electron chi connectivity index (χ2n) is 4.82. The van der Waals surface area contributed by atoms with E-state index < -0.39 is 5.91 Å². The van der Waals surface area contributed by atoms with Crippen molar-refractivity contribution >= 4 is 11.9 Å². The number of benzene rings is 1. The van der Waals surface area contributed by atoms with Crippen molar-refractivity contribution < 1.29 is 4.79 Å². The highest BCUT2D eigenvalue weighted by atomic mass is 16.1. The van der Waals surface area contributed by atoms with E-state index in [1.807, 2.05) is 38.1 Å². The van der Waals surface area contributed by atoms with Gasteiger partial charge in [-0.3, -0.25) is 4.79 Å². The highest BCUT2D eigenvalue weighted by Crippen LogP contribution is 2.35. The molecule has 0 fully saturated rings. The number of nitrogens with zero attached hydrogens (tertiary/aromatic N) is 3. The summed E-state index contributed by atoms with van der Waals surface area (Å²) in [5.74, 6) is 0.158. The molecule has 1 atom stereocenters. The first-order chi connectivity index (χ1) is 9.59. The lowest BCUT2D eigenvalue weighted by molar-refractivity contribution is -0.115. The average molecular weight is 269 g/mol. The molecule has 102 valence electrons. The predicted octanol–water partition coefficient (Wildman–Crippen LogP) is 1.36. The van der Waals surface area contributed by atoms with Crippen LogP contribution >= 0.6 is 0 Å². The Morgan fingerprint density at radius 2 is 2.10 bits per heavy atom. The Balaban J connectivity index is 2.25. The minimum Gasteiger partial charge on any atom is -0.366 e. The maximum absolute atomic E-state index is 11.9. The minimum atomic E-state index is -0.454. The summed E-state index contributed by atoms with van der Waals surface area (Å²) in [6, 6.07) is 7.54. The summed E-state index contributed by atoms with van der Waals surface area (Å²) in [4.78, 5) is 16.0. The van der Waals surface area contributed by atoms with Crippen molar-refractivity contribution in [1.29, 1.82) is 0 Å². The highest BCUT2D eigenvalue weighted by Gasteiger charge is 2.32. The van der Waals surface area contributed by atoms with Gasteiger partial charge >= 0.3 is 0 Å². The number of amides is 1. The fourth-order valence-electron chi connectivity index (χ4n) is 2.59. The van der Waals surface area contributed by atoms with Crippen LogP contribution in [-0.2, 0) is 4.79 Å². The van der Waals surface area contributed by atoms with Gasteiger partial charge in [-0.15, -0.1) is 0 Å². The third kappa shape index (κ3) is 1.77. The van der Waals surface area contributed by atoms with Gasteiger partial charge in [-0.25, -0.2) is 4.68 Å². The van der Waals surface area contributed by atoms with Crippen LogP contribution in [0.4, 0.5) is 5.95 Å². The molecule has 20 heavy (non-hydrogen) atoms. The minimum absolute atomic E-state index is 0.340. The van der Waals surface area contributed by atoms with E-state index >= 15 is 0 Å². The van der Waals surface area contributed by atoms with Crippen molar-refractivity contribution in [3.63, 3.8) is 0 Å². The lowest BCUT2D eigenvalue weighted by atomic mass is 9.92. The molecule has 0 bridgehead atoms. The molecule has 3 rings (SSSR count). The zero-order chi connectivity index (χ0) is 14.3. The zero-order valence-corrected chi connectivity index (χ0v) is 11.3. The zero-order valence-electron chi connectivity index (χ0n) is 11.3. The summed E-state index contributed by atoms with van der Waals surface area (Å²) in [6.07, 6.45) is 1.46. The fraction of sp³-hybridized carbons (Fsp3) is 0.214. The first-order valence-corrected chi connectivity index (χ1v) is 6.32. The summed E-state index contributed by atoms with van der Waals surface area (Å²) >= 11 is 0. The van der Waals surface area contributed by atoms with Crippen LogP contribution in [0.15, 0.2) is 41.9 Å². The van der Waals surface area contributed by atoms with Crippen LogP contribution in [0.3, 0.4) is 0 Å². The number of hydrogen-bond acceptors (Lipinski definition) is 4. The molecule has 0 unspecified atom stereocenters. The Morgan fingerprint density at radius 1 is 1.35 bits per heavy atom. The molecule has 1 aliphatic heterocycles. The largest absolute Gasteiger partial charge is 0.366 e. The van der Waals surface area contributed by atoms with E-state index in [2.05, 4.69) is 15.4 Å². The number of carbonyl (C=O) groups is 1. The lowest BCUT2D eigenvalue weighted by Gasteiger charge is -2.28. The Bertz CT molecular complexity index is 716. The Kier molecular flexibility index (Phi) is 2.78. The topological polar surface area (TPSA) is 85.8 Å². The summed E-state index contributed by atoms with van der Waals surface area (Å²) in [5.41, 5.74) is 8.86. The summed E-state index contributed by atoms with van der Waals surface area (Å²) < 4.78 is 1.69. The van der Waals surface area contributed by atoms with Crippen LogP contribution in [0, 0.1) is 6.92 Å². The first kappa shape index (κ1) is 12.4. The molecule has 3 N–H and O–H groups in total. The van der Waals surface area contributed by atoms with E-state index in [0.717, 1.165) is 11.1 Å². The maximum atomic E-state index is 11.9. The van der Waals surface area contributed by atoms with Crippen molar-refractivity contribution in [2.75, 3.05) is 5.32 Å².